The first-order chi connectivity index (χ1) is 8.06. The Hall–Kier alpha value is -2.03. The lowest BCUT2D eigenvalue weighted by Crippen LogP contribution is -2.13. The maximum absolute atomic E-state index is 13.4. The quantitative estimate of drug-likeness (QED) is 0.625. The second-order valence-electron chi connectivity index (χ2n) is 3.03. The Morgan fingerprint density at radius 2 is 1.71 bits per heavy atom. The van der Waals surface area contributed by atoms with Gasteiger partial charge in [0.2, 0.25) is 0 Å². The van der Waals surface area contributed by atoms with Gasteiger partial charge >= 0.3 is 0 Å². The molecule has 0 spiro atoms. The molecule has 0 atom stereocenters. The summed E-state index contributed by atoms with van der Waals surface area (Å²) in [6, 6.07) is 0.0979. The highest BCUT2D eigenvalue weighted by Crippen LogP contribution is 2.22. The van der Waals surface area contributed by atoms with Gasteiger partial charge in [0.25, 0.3) is 0 Å². The van der Waals surface area contributed by atoms with Crippen molar-refractivity contribution in [2.45, 2.75) is 6.54 Å². The molecule has 0 unspecified atom stereocenters. The van der Waals surface area contributed by atoms with Crippen LogP contribution < -0.4 is 5.73 Å². The van der Waals surface area contributed by atoms with Crippen molar-refractivity contribution in [3.05, 3.63) is 35.2 Å². The Labute approximate surface area is 91.8 Å². The molecule has 9 heteroatoms. The van der Waals surface area contributed by atoms with E-state index in [4.69, 9.17) is 5.73 Å². The Balaban J connectivity index is 2.75. The van der Waals surface area contributed by atoms with Gasteiger partial charge in [-0.1, -0.05) is 0 Å². The Morgan fingerprint density at radius 1 is 1.12 bits per heavy atom. The van der Waals surface area contributed by atoms with Gasteiger partial charge in [-0.2, -0.15) is 4.68 Å². The number of nitrogens with two attached hydrogens (primary N) is 1. The third-order valence-electron chi connectivity index (χ3n) is 2.02. The number of hydrogen-bond donors (Lipinski definition) is 1. The standard InChI is InChI=1S/C8H5F4N5/c9-3-1-4(10)7(12)8(6(3)11)17-5(2-13)14-15-16-17/h1H,2,13H2. The maximum atomic E-state index is 13.4. The van der Waals surface area contributed by atoms with Crippen LogP contribution in [-0.2, 0) is 6.54 Å². The van der Waals surface area contributed by atoms with E-state index in [-0.39, 0.29) is 18.4 Å². The van der Waals surface area contributed by atoms with Gasteiger partial charge in [0.1, 0.15) is 5.69 Å². The molecule has 2 rings (SSSR count). The molecule has 0 amide bonds. The minimum absolute atomic E-state index is 0.0979. The summed E-state index contributed by atoms with van der Waals surface area (Å²) < 4.78 is 53.2. The Kier molecular flexibility index (Phi) is 2.76. The fraction of sp³-hybridized carbons (Fsp3) is 0.125. The van der Waals surface area contributed by atoms with Crippen molar-refractivity contribution >= 4 is 0 Å². The first-order valence-corrected chi connectivity index (χ1v) is 4.37. The summed E-state index contributed by atoms with van der Waals surface area (Å²) in [7, 11) is 0. The molecule has 0 saturated carbocycles. The van der Waals surface area contributed by atoms with Gasteiger partial charge in [-0.15, -0.1) is 5.10 Å². The first-order valence-electron chi connectivity index (χ1n) is 4.37. The van der Waals surface area contributed by atoms with Crippen molar-refractivity contribution in [3.63, 3.8) is 0 Å². The molecule has 17 heavy (non-hydrogen) atoms. The highest BCUT2D eigenvalue weighted by molar-refractivity contribution is 5.36. The summed E-state index contributed by atoms with van der Waals surface area (Å²) in [5, 5.41) is 9.69. The average molecular weight is 247 g/mol. The lowest BCUT2D eigenvalue weighted by atomic mass is 10.2. The third kappa shape index (κ3) is 1.73. The molecule has 0 aliphatic carbocycles. The van der Waals surface area contributed by atoms with Crippen LogP contribution >= 0.6 is 0 Å². The van der Waals surface area contributed by atoms with E-state index in [0.29, 0.717) is 4.68 Å². The van der Waals surface area contributed by atoms with Crippen LogP contribution in [0.2, 0.25) is 0 Å². The SMILES string of the molecule is NCc1nnnn1-c1c(F)c(F)cc(F)c1F. The average Bonchev–Trinajstić information content (AvgIpc) is 2.75. The van der Waals surface area contributed by atoms with Crippen molar-refractivity contribution in [1.29, 1.82) is 0 Å². The third-order valence-corrected chi connectivity index (χ3v) is 2.02. The van der Waals surface area contributed by atoms with Crippen molar-refractivity contribution in [2.75, 3.05) is 0 Å². The summed E-state index contributed by atoms with van der Waals surface area (Å²) >= 11 is 0. The largest absolute Gasteiger partial charge is 0.324 e. The lowest BCUT2D eigenvalue weighted by molar-refractivity contribution is 0.441. The summed E-state index contributed by atoms with van der Waals surface area (Å²) in [5.74, 6) is -6.40. The molecule has 0 aliphatic rings. The minimum atomic E-state index is -1.59. The maximum Gasteiger partial charge on any atom is 0.187 e. The predicted molar refractivity (Wildman–Crippen MR) is 46.9 cm³/mol. The second-order valence-corrected chi connectivity index (χ2v) is 3.03. The predicted octanol–water partition coefficient (Wildman–Crippen LogP) is 0.677. The van der Waals surface area contributed by atoms with Crippen LogP contribution in [0.25, 0.3) is 5.69 Å². The second kappa shape index (κ2) is 4.09. The molecular formula is C8H5F4N5. The van der Waals surface area contributed by atoms with E-state index in [1.54, 1.807) is 0 Å². The van der Waals surface area contributed by atoms with Crippen LogP contribution in [0.5, 0.6) is 0 Å². The molecule has 1 aromatic heterocycles. The van der Waals surface area contributed by atoms with Crippen LogP contribution in [0.4, 0.5) is 17.6 Å². The van der Waals surface area contributed by atoms with E-state index in [2.05, 4.69) is 15.5 Å². The molecule has 1 heterocycles. The van der Waals surface area contributed by atoms with Gasteiger partial charge in [-0.25, -0.2) is 17.6 Å². The van der Waals surface area contributed by atoms with Crippen LogP contribution in [0.3, 0.4) is 0 Å². The number of rotatable bonds is 2. The van der Waals surface area contributed by atoms with Crippen LogP contribution in [0.15, 0.2) is 6.07 Å². The molecular weight excluding hydrogens is 242 g/mol. The zero-order chi connectivity index (χ0) is 12.6. The summed E-state index contributed by atoms with van der Waals surface area (Å²) in [6.45, 7) is -0.246. The molecule has 2 N–H and O–H groups in total. The highest BCUT2D eigenvalue weighted by atomic mass is 19.2. The topological polar surface area (TPSA) is 69.6 Å². The fourth-order valence-corrected chi connectivity index (χ4v) is 1.25. The van der Waals surface area contributed by atoms with Crippen molar-refractivity contribution in [1.82, 2.24) is 20.2 Å². The van der Waals surface area contributed by atoms with E-state index in [9.17, 15) is 17.6 Å². The Morgan fingerprint density at radius 3 is 2.24 bits per heavy atom. The summed E-state index contributed by atoms with van der Waals surface area (Å²) in [5.41, 5.74) is 4.18. The number of benzene rings is 1. The first kappa shape index (κ1) is 11.5. The van der Waals surface area contributed by atoms with Crippen molar-refractivity contribution in [2.24, 2.45) is 5.73 Å². The van der Waals surface area contributed by atoms with Gasteiger partial charge in [0, 0.05) is 6.07 Å². The van der Waals surface area contributed by atoms with E-state index in [1.807, 2.05) is 0 Å². The number of nitrogens with zero attached hydrogens (tertiary/aromatic N) is 4. The molecule has 0 aliphatic heterocycles. The van der Waals surface area contributed by atoms with Crippen molar-refractivity contribution < 1.29 is 17.6 Å². The van der Waals surface area contributed by atoms with Gasteiger partial charge in [-0.05, 0) is 10.4 Å². The molecule has 90 valence electrons. The number of hydrogen-bond acceptors (Lipinski definition) is 4. The number of halogens is 4. The Bertz CT molecular complexity index is 541. The van der Waals surface area contributed by atoms with Crippen LogP contribution in [0, 0.1) is 23.3 Å². The molecule has 1 aromatic carbocycles. The van der Waals surface area contributed by atoms with E-state index in [0.717, 1.165) is 0 Å². The van der Waals surface area contributed by atoms with Gasteiger partial charge in [0.15, 0.2) is 29.1 Å². The monoisotopic (exact) mass is 247 g/mol. The zero-order valence-corrected chi connectivity index (χ0v) is 8.16. The molecule has 0 saturated heterocycles. The van der Waals surface area contributed by atoms with Crippen LogP contribution in [0.1, 0.15) is 5.82 Å². The molecule has 0 bridgehead atoms. The van der Waals surface area contributed by atoms with Gasteiger partial charge in [-0.3, -0.25) is 0 Å². The number of aromatic nitrogens is 4. The smallest absolute Gasteiger partial charge is 0.187 e. The van der Waals surface area contributed by atoms with Crippen LogP contribution in [-0.4, -0.2) is 20.2 Å². The van der Waals surface area contributed by atoms with Crippen molar-refractivity contribution in [3.8, 4) is 5.69 Å². The fourth-order valence-electron chi connectivity index (χ4n) is 1.25. The van der Waals surface area contributed by atoms with E-state index >= 15 is 0 Å². The van der Waals surface area contributed by atoms with Gasteiger partial charge < -0.3 is 5.73 Å². The zero-order valence-electron chi connectivity index (χ0n) is 8.16. The van der Waals surface area contributed by atoms with Gasteiger partial charge in [0.05, 0.1) is 6.54 Å². The number of tetrazole rings is 1. The lowest BCUT2D eigenvalue weighted by Gasteiger charge is -2.07. The molecule has 0 radical (unpaired) electrons. The summed E-state index contributed by atoms with van der Waals surface area (Å²) in [4.78, 5) is 0. The van der Waals surface area contributed by atoms with E-state index < -0.39 is 29.0 Å². The molecule has 2 aromatic rings. The molecule has 0 fully saturated rings. The minimum Gasteiger partial charge on any atom is -0.324 e. The molecule has 5 nitrogen and oxygen atoms in total. The normalized spacial score (nSPS) is 10.9. The summed E-state index contributed by atoms with van der Waals surface area (Å²) in [6.07, 6.45) is 0. The highest BCUT2D eigenvalue weighted by Gasteiger charge is 2.23. The van der Waals surface area contributed by atoms with E-state index in [1.165, 1.54) is 0 Å².